The molecule has 0 aliphatic rings. The number of nitro groups is 1. The van der Waals surface area contributed by atoms with Crippen LogP contribution < -0.4 is 10.1 Å². The number of carbonyl (C=O) groups is 1. The highest BCUT2D eigenvalue weighted by Crippen LogP contribution is 2.23. The van der Waals surface area contributed by atoms with Crippen molar-refractivity contribution < 1.29 is 19.6 Å². The van der Waals surface area contributed by atoms with Crippen LogP contribution in [0.2, 0.25) is 0 Å². The smallest absolute Gasteiger partial charge is 0.320 e. The minimum absolute atomic E-state index is 0.0596. The third kappa shape index (κ3) is 3.42. The molecule has 0 heterocycles. The molecule has 0 aliphatic heterocycles. The Hall–Kier alpha value is -2.15. The Bertz CT molecular complexity index is 461. The molecule has 0 spiro atoms. The second-order valence-corrected chi connectivity index (χ2v) is 3.69. The van der Waals surface area contributed by atoms with Gasteiger partial charge >= 0.3 is 5.97 Å². The molecule has 0 bridgehead atoms. The number of hydrogen-bond acceptors (Lipinski definition) is 5. The highest BCUT2D eigenvalue weighted by atomic mass is 16.6. The van der Waals surface area contributed by atoms with Crippen molar-refractivity contribution in [3.63, 3.8) is 0 Å². The van der Waals surface area contributed by atoms with Gasteiger partial charge in [0.25, 0.3) is 5.69 Å². The standard InChI is InChI=1S/C11H14N2O5/c1-7(11(14)15)12-6-8-5-9(13(16)17)3-4-10(8)18-2/h3-5,7,12H,6H2,1-2H3,(H,14,15)/t7-/m0/s1. The Morgan fingerprint density at radius 2 is 2.28 bits per heavy atom. The summed E-state index contributed by atoms with van der Waals surface area (Å²) in [6.07, 6.45) is 0. The monoisotopic (exact) mass is 254 g/mol. The van der Waals surface area contributed by atoms with Gasteiger partial charge in [0.05, 0.1) is 12.0 Å². The molecule has 7 heteroatoms. The van der Waals surface area contributed by atoms with Gasteiger partial charge in [-0.05, 0) is 13.0 Å². The first kappa shape index (κ1) is 13.9. The van der Waals surface area contributed by atoms with E-state index in [0.29, 0.717) is 11.3 Å². The van der Waals surface area contributed by atoms with Gasteiger partial charge in [-0.1, -0.05) is 0 Å². The molecule has 0 saturated heterocycles. The number of methoxy groups -OCH3 is 1. The van der Waals surface area contributed by atoms with Crippen LogP contribution in [0.4, 0.5) is 5.69 Å². The first-order valence-electron chi connectivity index (χ1n) is 5.23. The van der Waals surface area contributed by atoms with E-state index in [-0.39, 0.29) is 12.2 Å². The Kier molecular flexibility index (Phi) is 4.61. The summed E-state index contributed by atoms with van der Waals surface area (Å²) in [4.78, 5) is 20.8. The number of nitro benzene ring substituents is 1. The molecule has 0 amide bonds. The SMILES string of the molecule is COc1ccc([N+](=O)[O-])cc1CN[C@@H](C)C(=O)O. The molecule has 1 atom stereocenters. The van der Waals surface area contributed by atoms with E-state index in [9.17, 15) is 14.9 Å². The Morgan fingerprint density at radius 3 is 2.78 bits per heavy atom. The molecule has 1 aromatic carbocycles. The van der Waals surface area contributed by atoms with E-state index in [4.69, 9.17) is 9.84 Å². The zero-order valence-corrected chi connectivity index (χ0v) is 10.0. The van der Waals surface area contributed by atoms with Gasteiger partial charge in [-0.3, -0.25) is 14.9 Å². The minimum Gasteiger partial charge on any atom is -0.496 e. The van der Waals surface area contributed by atoms with Gasteiger partial charge in [0, 0.05) is 24.2 Å². The summed E-state index contributed by atoms with van der Waals surface area (Å²) in [5, 5.41) is 22.1. The number of benzene rings is 1. The van der Waals surface area contributed by atoms with Crippen LogP contribution in [-0.4, -0.2) is 29.2 Å². The highest BCUT2D eigenvalue weighted by molar-refractivity contribution is 5.72. The van der Waals surface area contributed by atoms with E-state index in [1.54, 1.807) is 0 Å². The van der Waals surface area contributed by atoms with Crippen LogP contribution >= 0.6 is 0 Å². The number of non-ortho nitro benzene ring substituents is 1. The Labute approximate surface area is 104 Å². The molecule has 0 radical (unpaired) electrons. The summed E-state index contributed by atoms with van der Waals surface area (Å²) in [6, 6.07) is 3.44. The lowest BCUT2D eigenvalue weighted by atomic mass is 10.1. The van der Waals surface area contributed by atoms with Crippen molar-refractivity contribution in [1.29, 1.82) is 0 Å². The van der Waals surface area contributed by atoms with E-state index in [1.807, 2.05) is 0 Å². The van der Waals surface area contributed by atoms with Crippen molar-refractivity contribution in [3.8, 4) is 5.75 Å². The molecule has 0 fully saturated rings. The van der Waals surface area contributed by atoms with Crippen LogP contribution in [0.1, 0.15) is 12.5 Å². The van der Waals surface area contributed by atoms with Gasteiger partial charge in [-0.15, -0.1) is 0 Å². The number of nitrogens with one attached hydrogen (secondary N) is 1. The molecular formula is C11H14N2O5. The molecule has 1 rings (SSSR count). The largest absolute Gasteiger partial charge is 0.496 e. The fourth-order valence-corrected chi connectivity index (χ4v) is 1.37. The maximum absolute atomic E-state index is 10.6. The minimum atomic E-state index is -0.987. The van der Waals surface area contributed by atoms with Gasteiger partial charge < -0.3 is 15.2 Å². The number of aliphatic carboxylic acids is 1. The third-order valence-corrected chi connectivity index (χ3v) is 2.44. The highest BCUT2D eigenvalue weighted by Gasteiger charge is 2.14. The fourth-order valence-electron chi connectivity index (χ4n) is 1.37. The molecule has 0 saturated carbocycles. The molecule has 98 valence electrons. The molecule has 0 unspecified atom stereocenters. The number of rotatable bonds is 6. The van der Waals surface area contributed by atoms with Gasteiger partial charge in [-0.25, -0.2) is 0 Å². The van der Waals surface area contributed by atoms with Crippen LogP contribution in [0.5, 0.6) is 5.75 Å². The average molecular weight is 254 g/mol. The van der Waals surface area contributed by atoms with Crippen LogP contribution in [0.15, 0.2) is 18.2 Å². The van der Waals surface area contributed by atoms with Gasteiger partial charge in [0.2, 0.25) is 0 Å². The lowest BCUT2D eigenvalue weighted by Gasteiger charge is -2.11. The topological polar surface area (TPSA) is 102 Å². The second kappa shape index (κ2) is 5.97. The summed E-state index contributed by atoms with van der Waals surface area (Å²) in [5.41, 5.74) is 0.482. The number of hydrogen-bond donors (Lipinski definition) is 2. The van der Waals surface area contributed by atoms with Crippen LogP contribution in [-0.2, 0) is 11.3 Å². The number of carboxylic acids is 1. The maximum Gasteiger partial charge on any atom is 0.320 e. The lowest BCUT2D eigenvalue weighted by Crippen LogP contribution is -2.33. The van der Waals surface area contributed by atoms with E-state index in [0.717, 1.165) is 0 Å². The quantitative estimate of drug-likeness (QED) is 0.583. The van der Waals surface area contributed by atoms with Crippen molar-refractivity contribution in [2.45, 2.75) is 19.5 Å². The number of nitrogens with zero attached hydrogens (tertiary/aromatic N) is 1. The van der Waals surface area contributed by atoms with Crippen molar-refractivity contribution in [1.82, 2.24) is 5.32 Å². The first-order chi connectivity index (χ1) is 8.45. The predicted molar refractivity (Wildman–Crippen MR) is 63.6 cm³/mol. The zero-order chi connectivity index (χ0) is 13.7. The molecule has 0 aliphatic carbocycles. The summed E-state index contributed by atoms with van der Waals surface area (Å²) in [7, 11) is 1.45. The summed E-state index contributed by atoms with van der Waals surface area (Å²) < 4.78 is 5.06. The Balaban J connectivity index is 2.88. The molecular weight excluding hydrogens is 240 g/mol. The summed E-state index contributed by atoms with van der Waals surface area (Å²) in [6.45, 7) is 1.67. The Morgan fingerprint density at radius 1 is 1.61 bits per heavy atom. The average Bonchev–Trinajstić information content (AvgIpc) is 2.35. The molecule has 7 nitrogen and oxygen atoms in total. The summed E-state index contributed by atoms with van der Waals surface area (Å²) in [5.74, 6) is -0.509. The maximum atomic E-state index is 10.6. The normalized spacial score (nSPS) is 11.9. The number of carboxylic acid groups (broad SMARTS) is 1. The van der Waals surface area contributed by atoms with Crippen molar-refractivity contribution >= 4 is 11.7 Å². The van der Waals surface area contributed by atoms with E-state index >= 15 is 0 Å². The van der Waals surface area contributed by atoms with Crippen molar-refractivity contribution in [2.75, 3.05) is 7.11 Å². The van der Waals surface area contributed by atoms with Crippen LogP contribution in [0.3, 0.4) is 0 Å². The second-order valence-electron chi connectivity index (χ2n) is 3.69. The van der Waals surface area contributed by atoms with E-state index < -0.39 is 16.9 Å². The molecule has 0 aromatic heterocycles. The van der Waals surface area contributed by atoms with Crippen LogP contribution in [0, 0.1) is 10.1 Å². The molecule has 1 aromatic rings. The predicted octanol–water partition coefficient (Wildman–Crippen LogP) is 1.17. The van der Waals surface area contributed by atoms with Crippen molar-refractivity contribution in [2.24, 2.45) is 0 Å². The van der Waals surface area contributed by atoms with Crippen LogP contribution in [0.25, 0.3) is 0 Å². The van der Waals surface area contributed by atoms with E-state index in [1.165, 1.54) is 32.2 Å². The number of ether oxygens (including phenoxy) is 1. The molecule has 18 heavy (non-hydrogen) atoms. The lowest BCUT2D eigenvalue weighted by molar-refractivity contribution is -0.384. The summed E-state index contributed by atoms with van der Waals surface area (Å²) >= 11 is 0. The molecule has 2 N–H and O–H groups in total. The third-order valence-electron chi connectivity index (χ3n) is 2.44. The van der Waals surface area contributed by atoms with Gasteiger partial charge in [0.1, 0.15) is 11.8 Å². The van der Waals surface area contributed by atoms with Gasteiger partial charge in [-0.2, -0.15) is 0 Å². The zero-order valence-electron chi connectivity index (χ0n) is 10.0. The van der Waals surface area contributed by atoms with Gasteiger partial charge in [0.15, 0.2) is 0 Å². The van der Waals surface area contributed by atoms with Crippen molar-refractivity contribution in [3.05, 3.63) is 33.9 Å². The first-order valence-corrected chi connectivity index (χ1v) is 5.23. The van der Waals surface area contributed by atoms with E-state index in [2.05, 4.69) is 5.32 Å². The fraction of sp³-hybridized carbons (Fsp3) is 0.364.